The minimum Gasteiger partial charge on any atom is -0.443 e. The van der Waals surface area contributed by atoms with Crippen molar-refractivity contribution in [1.29, 1.82) is 0 Å². The van der Waals surface area contributed by atoms with Gasteiger partial charge in [-0.15, -0.1) is 0 Å². The van der Waals surface area contributed by atoms with Crippen molar-refractivity contribution >= 4 is 23.4 Å². The van der Waals surface area contributed by atoms with Crippen LogP contribution in [0.25, 0.3) is 0 Å². The third-order valence-electron chi connectivity index (χ3n) is 1.99. The molecule has 0 spiro atoms. The van der Waals surface area contributed by atoms with Gasteiger partial charge in [0, 0.05) is 23.1 Å². The van der Waals surface area contributed by atoms with Crippen LogP contribution in [0.2, 0.25) is 5.02 Å². The van der Waals surface area contributed by atoms with E-state index in [1.165, 1.54) is 19.9 Å². The van der Waals surface area contributed by atoms with Crippen LogP contribution in [0.1, 0.15) is 36.0 Å². The molecular formula is C11H12ClNO3. The Labute approximate surface area is 98.3 Å². The summed E-state index contributed by atoms with van der Waals surface area (Å²) >= 11 is 5.79. The van der Waals surface area contributed by atoms with E-state index < -0.39 is 12.2 Å². The smallest absolute Gasteiger partial charge is 0.304 e. The first-order valence-corrected chi connectivity index (χ1v) is 5.03. The SMILES string of the molecule is CC(=O)OC(N)c1cc(Cl)ccc1C(C)=O. The van der Waals surface area contributed by atoms with Crippen LogP contribution in [0, 0.1) is 0 Å². The second-order valence-electron chi connectivity index (χ2n) is 3.32. The maximum absolute atomic E-state index is 11.3. The average molecular weight is 242 g/mol. The quantitative estimate of drug-likeness (QED) is 0.500. The molecule has 2 N–H and O–H groups in total. The molecule has 0 heterocycles. The summed E-state index contributed by atoms with van der Waals surface area (Å²) in [6.07, 6.45) is -0.977. The van der Waals surface area contributed by atoms with Gasteiger partial charge in [-0.25, -0.2) is 0 Å². The van der Waals surface area contributed by atoms with Crippen LogP contribution in [-0.2, 0) is 9.53 Å². The van der Waals surface area contributed by atoms with E-state index in [9.17, 15) is 9.59 Å². The molecule has 1 atom stereocenters. The number of esters is 1. The summed E-state index contributed by atoms with van der Waals surface area (Å²) in [6, 6.07) is 4.66. The van der Waals surface area contributed by atoms with Crippen molar-refractivity contribution < 1.29 is 14.3 Å². The van der Waals surface area contributed by atoms with Crippen LogP contribution >= 0.6 is 11.6 Å². The molecule has 1 aromatic rings. The predicted octanol–water partition coefficient (Wildman–Crippen LogP) is 2.06. The molecule has 5 heteroatoms. The van der Waals surface area contributed by atoms with E-state index in [4.69, 9.17) is 22.1 Å². The Balaban J connectivity index is 3.13. The van der Waals surface area contributed by atoms with Gasteiger partial charge >= 0.3 is 5.97 Å². The average Bonchev–Trinajstić information content (AvgIpc) is 2.15. The normalized spacial score (nSPS) is 12.0. The molecule has 16 heavy (non-hydrogen) atoms. The van der Waals surface area contributed by atoms with Crippen molar-refractivity contribution in [3.8, 4) is 0 Å². The Morgan fingerprint density at radius 1 is 1.38 bits per heavy atom. The van der Waals surface area contributed by atoms with Crippen LogP contribution in [0.5, 0.6) is 0 Å². The number of hydrogen-bond acceptors (Lipinski definition) is 4. The molecule has 0 radical (unpaired) electrons. The maximum Gasteiger partial charge on any atom is 0.304 e. The molecule has 0 aliphatic carbocycles. The van der Waals surface area contributed by atoms with E-state index in [1.54, 1.807) is 12.1 Å². The highest BCUT2D eigenvalue weighted by atomic mass is 35.5. The minimum atomic E-state index is -0.977. The van der Waals surface area contributed by atoms with Crippen LogP contribution < -0.4 is 5.73 Å². The van der Waals surface area contributed by atoms with Crippen LogP contribution in [0.3, 0.4) is 0 Å². The molecule has 1 rings (SSSR count). The van der Waals surface area contributed by atoms with Gasteiger partial charge in [-0.05, 0) is 25.1 Å². The zero-order valence-corrected chi connectivity index (χ0v) is 9.75. The Bertz CT molecular complexity index is 431. The third kappa shape index (κ3) is 3.05. The number of benzene rings is 1. The fourth-order valence-corrected chi connectivity index (χ4v) is 1.51. The van der Waals surface area contributed by atoms with Crippen molar-refractivity contribution in [3.05, 3.63) is 34.3 Å². The Morgan fingerprint density at radius 3 is 2.50 bits per heavy atom. The number of carbonyl (C=O) groups is 2. The number of rotatable bonds is 3. The van der Waals surface area contributed by atoms with E-state index in [1.807, 2.05) is 0 Å². The number of hydrogen-bond donors (Lipinski definition) is 1. The Hall–Kier alpha value is -1.39. The van der Waals surface area contributed by atoms with E-state index in [0.717, 1.165) is 0 Å². The molecule has 86 valence electrons. The highest BCUT2D eigenvalue weighted by Gasteiger charge is 2.16. The van der Waals surface area contributed by atoms with Crippen LogP contribution in [0.15, 0.2) is 18.2 Å². The number of Topliss-reactive ketones (excluding diaryl/α,β-unsaturated/α-hetero) is 1. The summed E-state index contributed by atoms with van der Waals surface area (Å²) in [4.78, 5) is 22.1. The number of halogens is 1. The highest BCUT2D eigenvalue weighted by Crippen LogP contribution is 2.22. The lowest BCUT2D eigenvalue weighted by Gasteiger charge is -2.15. The lowest BCUT2D eigenvalue weighted by molar-refractivity contribution is -0.146. The first-order chi connectivity index (χ1) is 7.41. The van der Waals surface area contributed by atoms with E-state index >= 15 is 0 Å². The van der Waals surface area contributed by atoms with Crippen molar-refractivity contribution in [2.45, 2.75) is 20.1 Å². The van der Waals surface area contributed by atoms with Crippen LogP contribution in [-0.4, -0.2) is 11.8 Å². The van der Waals surface area contributed by atoms with Gasteiger partial charge in [0.05, 0.1) is 0 Å². The molecule has 0 bridgehead atoms. The zero-order valence-electron chi connectivity index (χ0n) is 8.99. The molecule has 1 aromatic carbocycles. The van der Waals surface area contributed by atoms with Gasteiger partial charge in [-0.1, -0.05) is 11.6 Å². The third-order valence-corrected chi connectivity index (χ3v) is 2.23. The topological polar surface area (TPSA) is 69.4 Å². The molecule has 0 aliphatic heterocycles. The van der Waals surface area contributed by atoms with Gasteiger partial charge in [0.25, 0.3) is 0 Å². The first-order valence-electron chi connectivity index (χ1n) is 4.65. The molecule has 0 saturated carbocycles. The first kappa shape index (κ1) is 12.7. The van der Waals surface area contributed by atoms with Crippen molar-refractivity contribution in [2.75, 3.05) is 0 Å². The summed E-state index contributed by atoms with van der Waals surface area (Å²) in [7, 11) is 0. The monoisotopic (exact) mass is 241 g/mol. The molecule has 0 aliphatic rings. The lowest BCUT2D eigenvalue weighted by Crippen LogP contribution is -2.19. The van der Waals surface area contributed by atoms with E-state index in [2.05, 4.69) is 0 Å². The van der Waals surface area contributed by atoms with Gasteiger partial charge in [-0.3, -0.25) is 15.3 Å². The maximum atomic E-state index is 11.3. The van der Waals surface area contributed by atoms with Gasteiger partial charge < -0.3 is 4.74 Å². The van der Waals surface area contributed by atoms with E-state index in [0.29, 0.717) is 16.1 Å². The molecule has 0 aromatic heterocycles. The number of nitrogens with two attached hydrogens (primary N) is 1. The summed E-state index contributed by atoms with van der Waals surface area (Å²) in [5.41, 5.74) is 6.46. The Kier molecular flexibility index (Phi) is 4.04. The number of ketones is 1. The fourth-order valence-electron chi connectivity index (χ4n) is 1.33. The van der Waals surface area contributed by atoms with E-state index in [-0.39, 0.29) is 5.78 Å². The van der Waals surface area contributed by atoms with Crippen molar-refractivity contribution in [3.63, 3.8) is 0 Å². The van der Waals surface area contributed by atoms with Crippen molar-refractivity contribution in [1.82, 2.24) is 0 Å². The summed E-state index contributed by atoms with van der Waals surface area (Å²) in [5, 5.41) is 0.433. The molecule has 0 saturated heterocycles. The van der Waals surface area contributed by atoms with Gasteiger partial charge in [0.1, 0.15) is 0 Å². The summed E-state index contributed by atoms with van der Waals surface area (Å²) < 4.78 is 4.81. The summed E-state index contributed by atoms with van der Waals surface area (Å²) in [6.45, 7) is 2.66. The number of ether oxygens (including phenoxy) is 1. The lowest BCUT2D eigenvalue weighted by atomic mass is 10.0. The zero-order chi connectivity index (χ0) is 12.3. The Morgan fingerprint density at radius 2 is 2.00 bits per heavy atom. The fraction of sp³-hybridized carbons (Fsp3) is 0.273. The number of carbonyl (C=O) groups excluding carboxylic acids is 2. The molecule has 4 nitrogen and oxygen atoms in total. The second kappa shape index (κ2) is 5.09. The van der Waals surface area contributed by atoms with Gasteiger partial charge in [0.15, 0.2) is 12.0 Å². The van der Waals surface area contributed by atoms with Gasteiger partial charge in [-0.2, -0.15) is 0 Å². The second-order valence-corrected chi connectivity index (χ2v) is 3.75. The predicted molar refractivity (Wildman–Crippen MR) is 60.2 cm³/mol. The highest BCUT2D eigenvalue weighted by molar-refractivity contribution is 6.30. The van der Waals surface area contributed by atoms with Crippen LogP contribution in [0.4, 0.5) is 0 Å². The molecular weight excluding hydrogens is 230 g/mol. The minimum absolute atomic E-state index is 0.158. The standard InChI is InChI=1S/C11H12ClNO3/c1-6(14)9-4-3-8(12)5-10(9)11(13)16-7(2)15/h3-5,11H,13H2,1-2H3. The molecule has 0 amide bonds. The van der Waals surface area contributed by atoms with Gasteiger partial charge in [0.2, 0.25) is 0 Å². The largest absolute Gasteiger partial charge is 0.443 e. The molecule has 0 fully saturated rings. The van der Waals surface area contributed by atoms with Crippen molar-refractivity contribution in [2.24, 2.45) is 5.73 Å². The molecule has 1 unspecified atom stereocenters. The summed E-state index contributed by atoms with van der Waals surface area (Å²) in [5.74, 6) is -0.670.